The minimum Gasteiger partial charge on any atom is -0.481 e. The van der Waals surface area contributed by atoms with Crippen LogP contribution in [0.15, 0.2) is 0 Å². The molecule has 0 unspecified atom stereocenters. The van der Waals surface area contributed by atoms with Crippen LogP contribution in [0.1, 0.15) is 58.8 Å². The maximum absolute atomic E-state index is 10.8. The van der Waals surface area contributed by atoms with E-state index in [4.69, 9.17) is 9.84 Å². The van der Waals surface area contributed by atoms with Crippen LogP contribution in [-0.4, -0.2) is 23.1 Å². The number of hydrogen-bond donors (Lipinski definition) is 1. The van der Waals surface area contributed by atoms with E-state index >= 15 is 0 Å². The Morgan fingerprint density at radius 3 is 2.06 bits per heavy atom. The maximum Gasteiger partial charge on any atom is 0.317 e. The van der Waals surface area contributed by atoms with E-state index < -0.39 is 18.4 Å². The fraction of sp³-hybridized carbons (Fsp3) is 0.833. The van der Waals surface area contributed by atoms with Gasteiger partial charge < -0.3 is 9.84 Å². The van der Waals surface area contributed by atoms with Crippen LogP contribution in [0.4, 0.5) is 0 Å². The molecule has 1 saturated carbocycles. The Balaban J connectivity index is 0.000000487. The van der Waals surface area contributed by atoms with Gasteiger partial charge in [0, 0.05) is 0 Å². The third-order valence-electron chi connectivity index (χ3n) is 2.40. The van der Waals surface area contributed by atoms with E-state index in [2.05, 4.69) is 13.8 Å². The van der Waals surface area contributed by atoms with E-state index in [0.717, 1.165) is 25.7 Å². The molecule has 0 atom stereocenters. The van der Waals surface area contributed by atoms with Crippen LogP contribution in [-0.2, 0) is 14.3 Å². The normalized spacial score (nSPS) is 15.1. The van der Waals surface area contributed by atoms with E-state index in [1.54, 1.807) is 0 Å². The summed E-state index contributed by atoms with van der Waals surface area (Å²) in [7, 11) is 0. The quantitative estimate of drug-likeness (QED) is 0.595. The fourth-order valence-electron chi connectivity index (χ4n) is 1.36. The summed E-state index contributed by atoms with van der Waals surface area (Å²) in [5, 5.41) is 8.26. The van der Waals surface area contributed by atoms with Gasteiger partial charge in [0.15, 0.2) is 0 Å². The summed E-state index contributed by atoms with van der Waals surface area (Å²) in [6, 6.07) is 0. The van der Waals surface area contributed by atoms with Crippen molar-refractivity contribution in [1.29, 1.82) is 0 Å². The van der Waals surface area contributed by atoms with Crippen LogP contribution in [0.25, 0.3) is 0 Å². The standard InChI is InChI=1S/C8H12O4.C4H10/c9-7(10)5-8(11)12-6-3-1-2-4-6;1-3-4-2/h6H,1-5H2,(H,9,10);3-4H2,1-2H3. The summed E-state index contributed by atoms with van der Waals surface area (Å²) < 4.78 is 4.90. The molecule has 16 heavy (non-hydrogen) atoms. The Labute approximate surface area is 97.0 Å². The van der Waals surface area contributed by atoms with Crippen molar-refractivity contribution >= 4 is 11.9 Å². The molecule has 4 nitrogen and oxygen atoms in total. The average Bonchev–Trinajstić information content (AvgIpc) is 2.69. The van der Waals surface area contributed by atoms with Crippen molar-refractivity contribution in [3.63, 3.8) is 0 Å². The first-order valence-corrected chi connectivity index (χ1v) is 6.01. The first-order valence-electron chi connectivity index (χ1n) is 6.01. The van der Waals surface area contributed by atoms with Gasteiger partial charge in [-0.25, -0.2) is 0 Å². The highest BCUT2D eigenvalue weighted by molar-refractivity contribution is 5.90. The highest BCUT2D eigenvalue weighted by Gasteiger charge is 2.20. The van der Waals surface area contributed by atoms with Gasteiger partial charge in [0.1, 0.15) is 12.5 Å². The van der Waals surface area contributed by atoms with Gasteiger partial charge in [-0.05, 0) is 25.7 Å². The fourth-order valence-corrected chi connectivity index (χ4v) is 1.36. The number of hydrogen-bond acceptors (Lipinski definition) is 3. The molecule has 0 aliphatic heterocycles. The Bertz CT molecular complexity index is 205. The third-order valence-corrected chi connectivity index (χ3v) is 2.40. The number of aliphatic carboxylic acids is 1. The van der Waals surface area contributed by atoms with Crippen LogP contribution in [0.5, 0.6) is 0 Å². The van der Waals surface area contributed by atoms with E-state index in [9.17, 15) is 9.59 Å². The third kappa shape index (κ3) is 8.26. The molecule has 0 aromatic carbocycles. The van der Waals surface area contributed by atoms with E-state index in [1.165, 1.54) is 12.8 Å². The van der Waals surface area contributed by atoms with Crippen LogP contribution < -0.4 is 0 Å². The second kappa shape index (κ2) is 9.19. The summed E-state index contributed by atoms with van der Waals surface area (Å²) in [5.41, 5.74) is 0. The van der Waals surface area contributed by atoms with Gasteiger partial charge in [-0.2, -0.15) is 0 Å². The molecular weight excluding hydrogens is 208 g/mol. The summed E-state index contributed by atoms with van der Waals surface area (Å²) >= 11 is 0. The molecule has 0 aromatic rings. The Hall–Kier alpha value is -1.06. The second-order valence-electron chi connectivity index (χ2n) is 3.97. The minimum atomic E-state index is -1.13. The zero-order chi connectivity index (χ0) is 12.4. The highest BCUT2D eigenvalue weighted by atomic mass is 16.5. The number of carboxylic acids is 1. The summed E-state index contributed by atoms with van der Waals surface area (Å²) in [6.45, 7) is 4.36. The topological polar surface area (TPSA) is 63.6 Å². The molecule has 4 heteroatoms. The number of carbonyl (C=O) groups is 2. The van der Waals surface area contributed by atoms with Crippen LogP contribution in [0.2, 0.25) is 0 Å². The lowest BCUT2D eigenvalue weighted by Crippen LogP contribution is -2.17. The Kier molecular flexibility index (Phi) is 8.58. The van der Waals surface area contributed by atoms with Gasteiger partial charge in [-0.15, -0.1) is 0 Å². The Morgan fingerprint density at radius 2 is 1.69 bits per heavy atom. The molecule has 1 aliphatic rings. The van der Waals surface area contributed by atoms with E-state index in [1.807, 2.05) is 0 Å². The lowest BCUT2D eigenvalue weighted by molar-refractivity contribution is -0.154. The average molecular weight is 230 g/mol. The van der Waals surface area contributed by atoms with Crippen molar-refractivity contribution in [1.82, 2.24) is 0 Å². The predicted octanol–water partition coefficient (Wildman–Crippen LogP) is 2.75. The first kappa shape index (κ1) is 14.9. The van der Waals surface area contributed by atoms with E-state index in [0.29, 0.717) is 0 Å². The first-order chi connectivity index (χ1) is 7.60. The molecule has 0 spiro atoms. The van der Waals surface area contributed by atoms with Crippen molar-refractivity contribution in [2.24, 2.45) is 0 Å². The number of carbonyl (C=O) groups excluding carboxylic acids is 1. The molecular formula is C12H22O4. The highest BCUT2D eigenvalue weighted by Crippen LogP contribution is 2.21. The summed E-state index contributed by atoms with van der Waals surface area (Å²) in [4.78, 5) is 20.9. The van der Waals surface area contributed by atoms with Gasteiger partial charge in [0.25, 0.3) is 0 Å². The van der Waals surface area contributed by atoms with Gasteiger partial charge in [0.05, 0.1) is 0 Å². The molecule has 1 fully saturated rings. The molecule has 0 heterocycles. The van der Waals surface area contributed by atoms with Gasteiger partial charge in [0.2, 0.25) is 0 Å². The number of esters is 1. The molecule has 0 bridgehead atoms. The SMILES string of the molecule is CCCC.O=C(O)CC(=O)OC1CCCC1. The van der Waals surface area contributed by atoms with Crippen LogP contribution in [0, 0.1) is 0 Å². The largest absolute Gasteiger partial charge is 0.481 e. The summed E-state index contributed by atoms with van der Waals surface area (Å²) in [6.07, 6.45) is 6.00. The van der Waals surface area contributed by atoms with Crippen LogP contribution >= 0.6 is 0 Å². The second-order valence-corrected chi connectivity index (χ2v) is 3.97. The smallest absolute Gasteiger partial charge is 0.317 e. The van der Waals surface area contributed by atoms with Crippen molar-refractivity contribution in [3.8, 4) is 0 Å². The zero-order valence-corrected chi connectivity index (χ0v) is 10.2. The molecule has 0 aromatic heterocycles. The molecule has 1 rings (SSSR count). The lowest BCUT2D eigenvalue weighted by atomic mass is 10.3. The van der Waals surface area contributed by atoms with Crippen molar-refractivity contribution in [2.75, 3.05) is 0 Å². The van der Waals surface area contributed by atoms with Crippen molar-refractivity contribution in [2.45, 2.75) is 64.9 Å². The van der Waals surface area contributed by atoms with Crippen molar-refractivity contribution in [3.05, 3.63) is 0 Å². The van der Waals surface area contributed by atoms with E-state index in [-0.39, 0.29) is 6.10 Å². The number of carboxylic acid groups (broad SMARTS) is 1. The monoisotopic (exact) mass is 230 g/mol. The molecule has 0 saturated heterocycles. The predicted molar refractivity (Wildman–Crippen MR) is 61.2 cm³/mol. The maximum atomic E-state index is 10.8. The number of rotatable bonds is 4. The zero-order valence-electron chi connectivity index (χ0n) is 10.2. The van der Waals surface area contributed by atoms with Crippen molar-refractivity contribution < 1.29 is 19.4 Å². The molecule has 1 aliphatic carbocycles. The van der Waals surface area contributed by atoms with Crippen LogP contribution in [0.3, 0.4) is 0 Å². The van der Waals surface area contributed by atoms with Gasteiger partial charge in [-0.1, -0.05) is 26.7 Å². The molecule has 94 valence electrons. The summed E-state index contributed by atoms with van der Waals surface area (Å²) in [5.74, 6) is -1.74. The number of unbranched alkanes of at least 4 members (excludes halogenated alkanes) is 1. The minimum absolute atomic E-state index is 0.0307. The van der Waals surface area contributed by atoms with Gasteiger partial charge >= 0.3 is 11.9 Å². The Morgan fingerprint density at radius 1 is 1.19 bits per heavy atom. The molecule has 0 amide bonds. The number of ether oxygens (including phenoxy) is 1. The molecule has 1 N–H and O–H groups in total. The molecule has 0 radical (unpaired) electrons. The van der Waals surface area contributed by atoms with Gasteiger partial charge in [-0.3, -0.25) is 9.59 Å². The lowest BCUT2D eigenvalue weighted by Gasteiger charge is -2.09.